The van der Waals surface area contributed by atoms with Crippen molar-refractivity contribution in [3.63, 3.8) is 0 Å². The lowest BCUT2D eigenvalue weighted by Gasteiger charge is -2.13. The third-order valence-corrected chi connectivity index (χ3v) is 10.00. The smallest absolute Gasteiger partial charge is 0.289 e. The number of aryl methyl sites for hydroxylation is 1. The third kappa shape index (κ3) is 8.71. The van der Waals surface area contributed by atoms with Crippen molar-refractivity contribution in [2.45, 2.75) is 77.7 Å². The van der Waals surface area contributed by atoms with E-state index in [0.717, 1.165) is 23.5 Å². The van der Waals surface area contributed by atoms with Crippen molar-refractivity contribution in [1.29, 1.82) is 0 Å². The van der Waals surface area contributed by atoms with Crippen LogP contribution in [0.5, 0.6) is 0 Å². The molecule has 0 amide bonds. The molecule has 0 fully saturated rings. The van der Waals surface area contributed by atoms with Crippen molar-refractivity contribution in [1.82, 2.24) is 9.55 Å². The average Bonchev–Trinajstić information content (AvgIpc) is 3.67. The number of unbranched alkanes of at least 4 members (excludes halogenated alkanes) is 9. The van der Waals surface area contributed by atoms with Crippen LogP contribution < -0.4 is 33.4 Å². The Bertz CT molecular complexity index is 1830. The van der Waals surface area contributed by atoms with Crippen molar-refractivity contribution >= 4 is 44.4 Å². The summed E-state index contributed by atoms with van der Waals surface area (Å²) in [5.74, 6) is 1.18. The number of rotatable bonds is 16. The molecule has 0 N–H and O–H groups in total. The number of nitrogens with zero attached hydrogens (tertiary/aromatic N) is 4. The minimum atomic E-state index is 0. The zero-order valence-corrected chi connectivity index (χ0v) is 30.8. The summed E-state index contributed by atoms with van der Waals surface area (Å²) in [6, 6.07) is 36.7. The number of hydrogen-bond acceptors (Lipinski definition) is 3. The van der Waals surface area contributed by atoms with Gasteiger partial charge in [-0.15, -0.1) is 11.3 Å². The maximum atomic E-state index is 5.01. The van der Waals surface area contributed by atoms with Gasteiger partial charge < -0.3 is 28.9 Å². The average molecular weight is 755 g/mol. The number of anilines is 1. The number of halogens is 1. The van der Waals surface area contributed by atoms with Crippen LogP contribution >= 0.6 is 11.3 Å². The highest BCUT2D eigenvalue weighted by atomic mass is 127. The lowest BCUT2D eigenvalue weighted by Crippen LogP contribution is -3.00. The van der Waals surface area contributed by atoms with Gasteiger partial charge in [-0.05, 0) is 67.4 Å². The van der Waals surface area contributed by atoms with Crippen LogP contribution in [0.1, 0.15) is 77.0 Å². The zero-order chi connectivity index (χ0) is 31.6. The van der Waals surface area contributed by atoms with Gasteiger partial charge in [-0.3, -0.25) is 0 Å². The van der Waals surface area contributed by atoms with Crippen LogP contribution in [-0.2, 0) is 6.54 Å². The van der Waals surface area contributed by atoms with Crippen molar-refractivity contribution in [3.8, 4) is 16.3 Å². The number of aromatic nitrogens is 3. The fourth-order valence-electron chi connectivity index (χ4n) is 6.36. The van der Waals surface area contributed by atoms with Crippen molar-refractivity contribution < 1.29 is 28.5 Å². The van der Waals surface area contributed by atoms with Gasteiger partial charge in [0, 0.05) is 30.6 Å². The maximum Gasteiger partial charge on any atom is 0.289 e. The van der Waals surface area contributed by atoms with E-state index in [1.54, 1.807) is 11.3 Å². The predicted molar refractivity (Wildman–Crippen MR) is 198 cm³/mol. The Balaban J connectivity index is 0.00000433. The number of benzene rings is 4. The van der Waals surface area contributed by atoms with E-state index in [-0.39, 0.29) is 24.0 Å². The summed E-state index contributed by atoms with van der Waals surface area (Å²) in [6.07, 6.45) is 17.8. The van der Waals surface area contributed by atoms with E-state index in [0.29, 0.717) is 0 Å². The van der Waals surface area contributed by atoms with E-state index in [1.165, 1.54) is 96.3 Å². The Morgan fingerprint density at radius 3 is 2.09 bits per heavy atom. The van der Waals surface area contributed by atoms with Gasteiger partial charge in [-0.25, -0.2) is 9.55 Å². The van der Waals surface area contributed by atoms with E-state index >= 15 is 0 Å². The molecular formula is C41H47IN4S. The quantitative estimate of drug-likeness (QED) is 0.0566. The molecule has 4 nitrogen and oxygen atoms in total. The molecule has 0 saturated carbocycles. The summed E-state index contributed by atoms with van der Waals surface area (Å²) in [7, 11) is 2.12. The normalized spacial score (nSPS) is 11.4. The second-order valence-electron chi connectivity index (χ2n) is 12.3. The van der Waals surface area contributed by atoms with Crippen LogP contribution in [-0.4, -0.2) is 16.6 Å². The van der Waals surface area contributed by atoms with Crippen LogP contribution in [0.15, 0.2) is 109 Å². The first-order valence-electron chi connectivity index (χ1n) is 17.2. The molecule has 0 aliphatic carbocycles. The van der Waals surface area contributed by atoms with Crippen molar-refractivity contribution in [2.75, 3.05) is 11.9 Å². The van der Waals surface area contributed by atoms with E-state index in [4.69, 9.17) is 4.98 Å². The summed E-state index contributed by atoms with van der Waals surface area (Å²) in [5, 5.41) is 1.07. The molecule has 244 valence electrons. The van der Waals surface area contributed by atoms with Gasteiger partial charge in [0.1, 0.15) is 10.7 Å². The Morgan fingerprint density at radius 2 is 1.38 bits per heavy atom. The molecule has 6 aromatic rings. The lowest BCUT2D eigenvalue weighted by atomic mass is 10.1. The first-order valence-corrected chi connectivity index (χ1v) is 18.0. The largest absolute Gasteiger partial charge is 1.00 e. The van der Waals surface area contributed by atoms with Crippen LogP contribution in [0.25, 0.3) is 43.6 Å². The topological polar surface area (TPSA) is 24.9 Å². The monoisotopic (exact) mass is 754 g/mol. The summed E-state index contributed by atoms with van der Waals surface area (Å²) < 4.78 is 6.19. The minimum absolute atomic E-state index is 0. The van der Waals surface area contributed by atoms with Gasteiger partial charge in [-0.2, -0.15) is 4.57 Å². The number of hydrogen-bond donors (Lipinski definition) is 0. The van der Waals surface area contributed by atoms with Crippen molar-refractivity contribution in [2.24, 2.45) is 0 Å². The second-order valence-corrected chi connectivity index (χ2v) is 13.3. The van der Waals surface area contributed by atoms with Gasteiger partial charge in [0.2, 0.25) is 0 Å². The van der Waals surface area contributed by atoms with Gasteiger partial charge in [-0.1, -0.05) is 107 Å². The number of thiazole rings is 1. The van der Waals surface area contributed by atoms with Crippen molar-refractivity contribution in [3.05, 3.63) is 115 Å². The fraction of sp³-hybridized carbons (Fsp3) is 0.317. The highest BCUT2D eigenvalue weighted by Crippen LogP contribution is 2.33. The Kier molecular flexibility index (Phi) is 13.0. The second kappa shape index (κ2) is 17.6. The van der Waals surface area contributed by atoms with Crippen LogP contribution in [0.4, 0.5) is 5.69 Å². The maximum absolute atomic E-state index is 5.01. The standard InChI is InChI=1S/C41H47N4S.HI/c1-3-4-5-6-7-8-9-10-11-20-30-44-38-32-33(41-42-36-25-18-19-26-39(36)46-41)27-28-37(38)45(35-23-16-13-17-24-35)40(44)29-31-43(2)34-21-14-12-15-22-34;/h12-19,21-29,31-32H,3-11,20,30H2,1-2H3;1H/q+1;/p-1. The van der Waals surface area contributed by atoms with Gasteiger partial charge in [0.05, 0.1) is 16.8 Å². The molecular weight excluding hydrogens is 707 g/mol. The molecule has 2 heterocycles. The minimum Gasteiger partial charge on any atom is -1.00 e. The number of fused-ring (bicyclic) bond motifs is 2. The Hall–Kier alpha value is -3.49. The highest BCUT2D eigenvalue weighted by Gasteiger charge is 2.26. The summed E-state index contributed by atoms with van der Waals surface area (Å²) in [6.45, 7) is 3.27. The molecule has 0 saturated heterocycles. The first kappa shape index (κ1) is 34.8. The highest BCUT2D eigenvalue weighted by molar-refractivity contribution is 7.21. The summed E-state index contributed by atoms with van der Waals surface area (Å²) in [4.78, 5) is 7.21. The molecule has 0 atom stereocenters. The zero-order valence-electron chi connectivity index (χ0n) is 27.8. The van der Waals surface area contributed by atoms with E-state index in [1.807, 2.05) is 0 Å². The van der Waals surface area contributed by atoms with Gasteiger partial charge >= 0.3 is 0 Å². The molecule has 6 heteroatoms. The van der Waals surface area contributed by atoms with Crippen LogP contribution in [0.3, 0.4) is 0 Å². The summed E-state index contributed by atoms with van der Waals surface area (Å²) >= 11 is 1.77. The Morgan fingerprint density at radius 1 is 0.745 bits per heavy atom. The molecule has 0 spiro atoms. The molecule has 4 aromatic carbocycles. The molecule has 6 rings (SSSR count). The molecule has 0 unspecified atom stereocenters. The van der Waals surface area contributed by atoms with Gasteiger partial charge in [0.15, 0.2) is 11.0 Å². The third-order valence-electron chi connectivity index (χ3n) is 8.91. The van der Waals surface area contributed by atoms with E-state index < -0.39 is 0 Å². The fourth-order valence-corrected chi connectivity index (χ4v) is 7.32. The number of para-hydroxylation sites is 3. The van der Waals surface area contributed by atoms with E-state index in [9.17, 15) is 0 Å². The predicted octanol–water partition coefficient (Wildman–Crippen LogP) is 8.23. The first-order chi connectivity index (χ1) is 22.7. The van der Waals surface area contributed by atoms with Crippen LogP contribution in [0.2, 0.25) is 0 Å². The molecule has 0 aliphatic heterocycles. The van der Waals surface area contributed by atoms with E-state index in [2.05, 4.69) is 143 Å². The summed E-state index contributed by atoms with van der Waals surface area (Å²) in [5.41, 5.74) is 7.04. The molecule has 0 aliphatic rings. The molecule has 0 bridgehead atoms. The van der Waals surface area contributed by atoms with Crippen LogP contribution in [0, 0.1) is 0 Å². The molecule has 2 aromatic heterocycles. The number of imidazole rings is 1. The van der Waals surface area contributed by atoms with Gasteiger partial charge in [0.25, 0.3) is 5.82 Å². The Labute approximate surface area is 301 Å². The SMILES string of the molecule is CCCCCCCCCCCC[n+]1c(/C=C/N(C)c2ccccc2)n(-c2ccccc2)c2ccc(-c3nc4ccccc4s3)cc21.[I-]. The molecule has 47 heavy (non-hydrogen) atoms. The molecule has 0 radical (unpaired) electrons. The lowest BCUT2D eigenvalue weighted by molar-refractivity contribution is -0.674.